The highest BCUT2D eigenvalue weighted by Crippen LogP contribution is 2.04. The van der Waals surface area contributed by atoms with Gasteiger partial charge in [-0.2, -0.15) is 0 Å². The van der Waals surface area contributed by atoms with Crippen LogP contribution in [-0.2, 0) is 9.84 Å². The zero-order valence-corrected chi connectivity index (χ0v) is 9.19. The highest BCUT2D eigenvalue weighted by molar-refractivity contribution is 7.91. The van der Waals surface area contributed by atoms with Crippen LogP contribution < -0.4 is 10.6 Å². The van der Waals surface area contributed by atoms with E-state index >= 15 is 0 Å². The Labute approximate surface area is 88.3 Å². The molecule has 4 nitrogen and oxygen atoms in total. The van der Waals surface area contributed by atoms with Gasteiger partial charge in [0, 0.05) is 12.6 Å². The fourth-order valence-electron chi connectivity index (χ4n) is 1.54. The van der Waals surface area contributed by atoms with Gasteiger partial charge in [-0.15, -0.1) is 0 Å². The van der Waals surface area contributed by atoms with Gasteiger partial charge in [-0.05, 0) is 13.0 Å². The van der Waals surface area contributed by atoms with Crippen molar-refractivity contribution in [3.05, 3.63) is 0 Å². The molecule has 1 atom stereocenters. The van der Waals surface area contributed by atoms with E-state index in [0.29, 0.717) is 19.5 Å². The summed E-state index contributed by atoms with van der Waals surface area (Å²) in [6, 6.07) is -0.103. The number of rotatable bonds is 5. The fourth-order valence-corrected chi connectivity index (χ4v) is 3.03. The van der Waals surface area contributed by atoms with Gasteiger partial charge in [0.1, 0.15) is 0 Å². The predicted molar refractivity (Wildman–Crippen MR) is 53.9 cm³/mol. The highest BCUT2D eigenvalue weighted by Gasteiger charge is 2.23. The molecule has 1 heterocycles. The van der Waals surface area contributed by atoms with Crippen LogP contribution in [0.2, 0.25) is 0 Å². The number of hydrogen-bond donors (Lipinski definition) is 2. The molecule has 1 saturated heterocycles. The molecule has 0 aromatic heterocycles. The van der Waals surface area contributed by atoms with E-state index in [0.717, 1.165) is 0 Å². The molecule has 2 N–H and O–H groups in total. The molecule has 0 radical (unpaired) electrons. The van der Waals surface area contributed by atoms with Gasteiger partial charge in [-0.3, -0.25) is 0 Å². The van der Waals surface area contributed by atoms with Gasteiger partial charge < -0.3 is 10.6 Å². The Kier molecular flexibility index (Phi) is 4.88. The van der Waals surface area contributed by atoms with E-state index in [9.17, 15) is 17.2 Å². The summed E-state index contributed by atoms with van der Waals surface area (Å²) in [7, 11) is -2.92. The van der Waals surface area contributed by atoms with E-state index in [1.165, 1.54) is 0 Å². The van der Waals surface area contributed by atoms with Crippen molar-refractivity contribution in [2.45, 2.75) is 18.9 Å². The summed E-state index contributed by atoms with van der Waals surface area (Å²) in [4.78, 5) is 0. The third-order valence-corrected chi connectivity index (χ3v) is 4.01. The molecule has 1 aliphatic heterocycles. The number of halogens is 2. The lowest BCUT2D eigenvalue weighted by atomic mass is 10.2. The number of nitrogens with one attached hydrogen (secondary N) is 2. The van der Waals surface area contributed by atoms with Crippen LogP contribution in [0, 0.1) is 0 Å². The first-order valence-electron chi connectivity index (χ1n) is 4.92. The van der Waals surface area contributed by atoms with E-state index < -0.39 is 16.3 Å². The molecular weight excluding hydrogens is 226 g/mol. The van der Waals surface area contributed by atoms with Crippen LogP contribution in [0.25, 0.3) is 0 Å². The molecule has 0 bridgehead atoms. The first kappa shape index (κ1) is 12.8. The van der Waals surface area contributed by atoms with E-state index in [1.807, 2.05) is 0 Å². The summed E-state index contributed by atoms with van der Waals surface area (Å²) >= 11 is 0. The standard InChI is InChI=1S/C8H16F2N2O2S/c9-8(10)5-11-2-1-7-6-15(13,14)4-3-12-7/h7-8,11-12H,1-6H2. The fraction of sp³-hybridized carbons (Fsp3) is 1.00. The summed E-state index contributed by atoms with van der Waals surface area (Å²) in [5.41, 5.74) is 0. The minimum Gasteiger partial charge on any atom is -0.312 e. The van der Waals surface area contributed by atoms with Crippen molar-refractivity contribution >= 4 is 9.84 Å². The predicted octanol–water partition coefficient (Wildman–Crippen LogP) is -0.382. The zero-order valence-electron chi connectivity index (χ0n) is 8.38. The van der Waals surface area contributed by atoms with Crippen molar-refractivity contribution in [1.82, 2.24) is 10.6 Å². The zero-order chi connectivity index (χ0) is 11.3. The van der Waals surface area contributed by atoms with Gasteiger partial charge in [0.25, 0.3) is 6.43 Å². The van der Waals surface area contributed by atoms with Crippen molar-refractivity contribution in [3.63, 3.8) is 0 Å². The second-order valence-corrected chi connectivity index (χ2v) is 5.88. The molecule has 0 aromatic carbocycles. The number of alkyl halides is 2. The van der Waals surface area contributed by atoms with Crippen LogP contribution in [-0.4, -0.2) is 52.0 Å². The molecule has 15 heavy (non-hydrogen) atoms. The second kappa shape index (κ2) is 5.72. The maximum Gasteiger partial charge on any atom is 0.250 e. The molecule has 1 fully saturated rings. The molecule has 7 heteroatoms. The smallest absolute Gasteiger partial charge is 0.250 e. The molecule has 0 aliphatic carbocycles. The highest BCUT2D eigenvalue weighted by atomic mass is 32.2. The first-order chi connectivity index (χ1) is 6.99. The Balaban J connectivity index is 2.16. The van der Waals surface area contributed by atoms with E-state index in [-0.39, 0.29) is 24.1 Å². The topological polar surface area (TPSA) is 58.2 Å². The molecule has 0 saturated carbocycles. The van der Waals surface area contributed by atoms with Gasteiger partial charge in [0.15, 0.2) is 9.84 Å². The quantitative estimate of drug-likeness (QED) is 0.645. The molecule has 0 aromatic rings. The van der Waals surface area contributed by atoms with Crippen LogP contribution in [0.4, 0.5) is 8.78 Å². The second-order valence-electron chi connectivity index (χ2n) is 3.65. The average Bonchev–Trinajstić information content (AvgIpc) is 2.10. The maximum atomic E-state index is 11.7. The van der Waals surface area contributed by atoms with Crippen molar-refractivity contribution in [1.29, 1.82) is 0 Å². The van der Waals surface area contributed by atoms with Gasteiger partial charge >= 0.3 is 0 Å². The Morgan fingerprint density at radius 2 is 2.20 bits per heavy atom. The number of sulfone groups is 1. The molecule has 1 aliphatic rings. The molecule has 1 rings (SSSR count). The lowest BCUT2D eigenvalue weighted by Crippen LogP contribution is -2.46. The van der Waals surface area contributed by atoms with Crippen molar-refractivity contribution in [2.24, 2.45) is 0 Å². The van der Waals surface area contributed by atoms with E-state index in [4.69, 9.17) is 0 Å². The monoisotopic (exact) mass is 242 g/mol. The van der Waals surface area contributed by atoms with Crippen LogP contribution in [0.3, 0.4) is 0 Å². The Hall–Kier alpha value is -0.270. The summed E-state index contributed by atoms with van der Waals surface area (Å²) in [5, 5.41) is 5.63. The number of hydrogen-bond acceptors (Lipinski definition) is 4. The third kappa shape index (κ3) is 5.39. The van der Waals surface area contributed by atoms with Crippen molar-refractivity contribution in [2.75, 3.05) is 31.1 Å². The molecule has 1 unspecified atom stereocenters. The lowest BCUT2D eigenvalue weighted by Gasteiger charge is -2.23. The summed E-state index contributed by atoms with van der Waals surface area (Å²) < 4.78 is 45.9. The molecule has 0 spiro atoms. The third-order valence-electron chi connectivity index (χ3n) is 2.27. The summed E-state index contributed by atoms with van der Waals surface area (Å²) in [6.07, 6.45) is -1.79. The van der Waals surface area contributed by atoms with E-state index in [1.54, 1.807) is 0 Å². The summed E-state index contributed by atoms with van der Waals surface area (Å²) in [6.45, 7) is 0.541. The SMILES string of the molecule is O=S1(=O)CCNC(CCNCC(F)F)C1. The largest absolute Gasteiger partial charge is 0.312 e. The minimum absolute atomic E-state index is 0.103. The Morgan fingerprint density at radius 3 is 2.80 bits per heavy atom. The van der Waals surface area contributed by atoms with Crippen molar-refractivity contribution in [3.8, 4) is 0 Å². The van der Waals surface area contributed by atoms with Gasteiger partial charge in [-0.25, -0.2) is 17.2 Å². The minimum atomic E-state index is -2.92. The van der Waals surface area contributed by atoms with Gasteiger partial charge in [0.05, 0.1) is 18.1 Å². The normalized spacial score (nSPS) is 25.7. The Bertz CT molecular complexity index is 282. The average molecular weight is 242 g/mol. The summed E-state index contributed by atoms with van der Waals surface area (Å²) in [5.74, 6) is 0.289. The Morgan fingerprint density at radius 1 is 1.47 bits per heavy atom. The van der Waals surface area contributed by atoms with Crippen molar-refractivity contribution < 1.29 is 17.2 Å². The van der Waals surface area contributed by atoms with Gasteiger partial charge in [0.2, 0.25) is 0 Å². The maximum absolute atomic E-state index is 11.7. The first-order valence-corrected chi connectivity index (χ1v) is 6.74. The lowest BCUT2D eigenvalue weighted by molar-refractivity contribution is 0.145. The van der Waals surface area contributed by atoms with E-state index in [2.05, 4.69) is 10.6 Å². The van der Waals surface area contributed by atoms with Gasteiger partial charge in [-0.1, -0.05) is 0 Å². The molecular formula is C8H16F2N2O2S. The molecule has 90 valence electrons. The van der Waals surface area contributed by atoms with Crippen LogP contribution in [0.5, 0.6) is 0 Å². The van der Waals surface area contributed by atoms with Crippen LogP contribution in [0.15, 0.2) is 0 Å². The van der Waals surface area contributed by atoms with Crippen LogP contribution >= 0.6 is 0 Å². The molecule has 0 amide bonds. The van der Waals surface area contributed by atoms with Crippen LogP contribution in [0.1, 0.15) is 6.42 Å².